The third-order valence-corrected chi connectivity index (χ3v) is 4.19. The van der Waals surface area contributed by atoms with Gasteiger partial charge >= 0.3 is 5.97 Å². The number of ether oxygens (including phenoxy) is 2. The maximum absolute atomic E-state index is 12.1. The Labute approximate surface area is 153 Å². The summed E-state index contributed by atoms with van der Waals surface area (Å²) in [6, 6.07) is 10.1. The van der Waals surface area contributed by atoms with E-state index in [2.05, 4.69) is 26.0 Å². The van der Waals surface area contributed by atoms with Crippen molar-refractivity contribution in [3.8, 4) is 11.5 Å². The van der Waals surface area contributed by atoms with Crippen LogP contribution < -0.4 is 10.1 Å². The minimum atomic E-state index is -0.670. The molecular weight excluding hydrogens is 390 g/mol. The van der Waals surface area contributed by atoms with E-state index in [4.69, 9.17) is 4.74 Å². The fourth-order valence-electron chi connectivity index (χ4n) is 2.26. The number of anilines is 1. The number of rotatable bonds is 6. The van der Waals surface area contributed by atoms with Gasteiger partial charge in [-0.15, -0.1) is 0 Å². The molecule has 2 N–H and O–H groups in total. The van der Waals surface area contributed by atoms with Crippen LogP contribution >= 0.6 is 15.9 Å². The van der Waals surface area contributed by atoms with Crippen LogP contribution in [0.3, 0.4) is 0 Å². The Hall–Kier alpha value is -2.54. The molecule has 0 heterocycles. The highest BCUT2D eigenvalue weighted by molar-refractivity contribution is 9.10. The van der Waals surface area contributed by atoms with Crippen LogP contribution in [0.25, 0.3) is 0 Å². The van der Waals surface area contributed by atoms with Gasteiger partial charge in [0.25, 0.3) is 0 Å². The molecule has 0 aromatic heterocycles. The van der Waals surface area contributed by atoms with Crippen molar-refractivity contribution in [3.05, 3.63) is 52.0 Å². The van der Waals surface area contributed by atoms with E-state index in [1.807, 2.05) is 18.2 Å². The first kappa shape index (κ1) is 18.8. The van der Waals surface area contributed by atoms with E-state index in [-0.39, 0.29) is 29.3 Å². The van der Waals surface area contributed by atoms with E-state index in [1.165, 1.54) is 19.2 Å². The molecule has 0 aliphatic rings. The molecule has 2 aromatic rings. The summed E-state index contributed by atoms with van der Waals surface area (Å²) in [7, 11) is 2.81. The van der Waals surface area contributed by atoms with Crippen LogP contribution in [-0.2, 0) is 16.0 Å². The Morgan fingerprint density at radius 1 is 1.20 bits per heavy atom. The lowest BCUT2D eigenvalue weighted by atomic mass is 10.1. The van der Waals surface area contributed by atoms with E-state index in [1.54, 1.807) is 13.2 Å². The minimum Gasteiger partial charge on any atom is -0.505 e. The van der Waals surface area contributed by atoms with Crippen LogP contribution in [0, 0.1) is 0 Å². The van der Waals surface area contributed by atoms with Gasteiger partial charge in [0.15, 0.2) is 5.75 Å². The zero-order valence-corrected chi connectivity index (χ0v) is 15.4. The normalized spacial score (nSPS) is 10.2. The number of para-hydroxylation sites is 1. The highest BCUT2D eigenvalue weighted by Gasteiger charge is 2.16. The molecular formula is C18H18BrNO5. The molecule has 0 bridgehead atoms. The number of carbonyl (C=O) groups is 2. The van der Waals surface area contributed by atoms with Crippen LogP contribution in [0.5, 0.6) is 11.5 Å². The van der Waals surface area contributed by atoms with Gasteiger partial charge in [-0.1, -0.05) is 12.1 Å². The second-order valence-corrected chi connectivity index (χ2v) is 6.06. The maximum atomic E-state index is 12.1. The molecule has 0 aliphatic heterocycles. The lowest BCUT2D eigenvalue weighted by Gasteiger charge is -2.10. The second kappa shape index (κ2) is 8.53. The van der Waals surface area contributed by atoms with E-state index in [9.17, 15) is 14.7 Å². The van der Waals surface area contributed by atoms with Crippen LogP contribution in [0.1, 0.15) is 22.3 Å². The number of halogens is 1. The molecule has 0 atom stereocenters. The smallest absolute Gasteiger partial charge is 0.341 e. The lowest BCUT2D eigenvalue weighted by Crippen LogP contribution is -2.13. The number of aryl methyl sites for hydroxylation is 1. The quantitative estimate of drug-likeness (QED) is 0.565. The van der Waals surface area contributed by atoms with Crippen molar-refractivity contribution in [3.63, 3.8) is 0 Å². The predicted octanol–water partition coefficient (Wildman–Crippen LogP) is 3.52. The Bertz CT molecular complexity index is 791. The van der Waals surface area contributed by atoms with E-state index < -0.39 is 5.97 Å². The number of methoxy groups -OCH3 is 2. The fraction of sp³-hybridized carbons (Fsp3) is 0.222. The summed E-state index contributed by atoms with van der Waals surface area (Å²) in [6.45, 7) is 0. The molecule has 0 saturated carbocycles. The Morgan fingerprint density at radius 3 is 2.60 bits per heavy atom. The van der Waals surface area contributed by atoms with Gasteiger partial charge in [0.2, 0.25) is 5.91 Å². The molecule has 0 spiro atoms. The lowest BCUT2D eigenvalue weighted by molar-refractivity contribution is -0.116. The van der Waals surface area contributed by atoms with Crippen molar-refractivity contribution >= 4 is 33.5 Å². The summed E-state index contributed by atoms with van der Waals surface area (Å²) < 4.78 is 10.6. The number of hydrogen-bond donors (Lipinski definition) is 2. The number of phenolic OH excluding ortho intramolecular Hbond substituents is 1. The van der Waals surface area contributed by atoms with Crippen molar-refractivity contribution in [1.82, 2.24) is 0 Å². The van der Waals surface area contributed by atoms with E-state index in [0.29, 0.717) is 6.42 Å². The number of phenols is 1. The highest BCUT2D eigenvalue weighted by atomic mass is 79.9. The minimum absolute atomic E-state index is 0.000569. The number of esters is 1. The number of amides is 1. The van der Waals surface area contributed by atoms with Gasteiger partial charge in [-0.05, 0) is 52.2 Å². The van der Waals surface area contributed by atoms with Gasteiger partial charge in [0.1, 0.15) is 11.3 Å². The average Bonchev–Trinajstić information content (AvgIpc) is 2.61. The van der Waals surface area contributed by atoms with Gasteiger partial charge in [0, 0.05) is 6.42 Å². The molecule has 2 aromatic carbocycles. The van der Waals surface area contributed by atoms with E-state index in [0.717, 1.165) is 15.8 Å². The van der Waals surface area contributed by atoms with Crippen molar-refractivity contribution < 1.29 is 24.2 Å². The molecule has 25 heavy (non-hydrogen) atoms. The summed E-state index contributed by atoms with van der Waals surface area (Å²) in [6.07, 6.45) is 0.743. The van der Waals surface area contributed by atoms with Gasteiger partial charge in [-0.25, -0.2) is 4.79 Å². The summed E-state index contributed by atoms with van der Waals surface area (Å²) >= 11 is 3.40. The zero-order valence-electron chi connectivity index (χ0n) is 13.8. The first-order valence-corrected chi connectivity index (χ1v) is 8.28. The topological polar surface area (TPSA) is 84.9 Å². The van der Waals surface area contributed by atoms with Crippen molar-refractivity contribution in [2.24, 2.45) is 0 Å². The number of nitrogens with one attached hydrogen (secondary N) is 1. The largest absolute Gasteiger partial charge is 0.505 e. The van der Waals surface area contributed by atoms with Gasteiger partial charge in [-0.3, -0.25) is 4.79 Å². The Balaban J connectivity index is 2.01. The Kier molecular flexibility index (Phi) is 6.41. The maximum Gasteiger partial charge on any atom is 0.341 e. The average molecular weight is 408 g/mol. The summed E-state index contributed by atoms with van der Waals surface area (Å²) in [5.74, 6) is -0.534. The van der Waals surface area contributed by atoms with Crippen LogP contribution in [0.15, 0.2) is 40.9 Å². The van der Waals surface area contributed by atoms with Gasteiger partial charge < -0.3 is 19.9 Å². The van der Waals surface area contributed by atoms with Crippen LogP contribution in [0.2, 0.25) is 0 Å². The number of hydrogen-bond acceptors (Lipinski definition) is 5. The van der Waals surface area contributed by atoms with Gasteiger partial charge in [0.05, 0.1) is 24.4 Å². The molecule has 7 heteroatoms. The number of carbonyl (C=O) groups excluding carboxylic acids is 2. The molecule has 132 valence electrons. The summed E-state index contributed by atoms with van der Waals surface area (Å²) in [5.41, 5.74) is 1.14. The SMILES string of the molecule is COC(=O)c1cccc(NC(=O)CCc2ccc(OC)c(Br)c2)c1O. The molecule has 6 nitrogen and oxygen atoms in total. The van der Waals surface area contributed by atoms with Crippen molar-refractivity contribution in [2.45, 2.75) is 12.8 Å². The molecule has 0 saturated heterocycles. The number of benzene rings is 2. The van der Waals surface area contributed by atoms with Gasteiger partial charge in [-0.2, -0.15) is 0 Å². The van der Waals surface area contributed by atoms with Crippen molar-refractivity contribution in [1.29, 1.82) is 0 Å². The first-order chi connectivity index (χ1) is 12.0. The second-order valence-electron chi connectivity index (χ2n) is 5.21. The fourth-order valence-corrected chi connectivity index (χ4v) is 2.84. The van der Waals surface area contributed by atoms with E-state index >= 15 is 0 Å². The third kappa shape index (κ3) is 4.73. The molecule has 0 radical (unpaired) electrons. The molecule has 2 rings (SSSR count). The Morgan fingerprint density at radius 2 is 1.96 bits per heavy atom. The molecule has 0 fully saturated rings. The summed E-state index contributed by atoms with van der Waals surface area (Å²) in [5, 5.41) is 12.7. The molecule has 0 aliphatic carbocycles. The predicted molar refractivity (Wildman–Crippen MR) is 97.1 cm³/mol. The zero-order chi connectivity index (χ0) is 18.4. The number of aromatic hydroxyl groups is 1. The monoisotopic (exact) mass is 407 g/mol. The first-order valence-electron chi connectivity index (χ1n) is 7.48. The highest BCUT2D eigenvalue weighted by Crippen LogP contribution is 2.29. The molecule has 1 amide bonds. The third-order valence-electron chi connectivity index (χ3n) is 3.57. The summed E-state index contributed by atoms with van der Waals surface area (Å²) in [4.78, 5) is 23.7. The van der Waals surface area contributed by atoms with Crippen LogP contribution in [0.4, 0.5) is 5.69 Å². The van der Waals surface area contributed by atoms with Crippen molar-refractivity contribution in [2.75, 3.05) is 19.5 Å². The van der Waals surface area contributed by atoms with Crippen LogP contribution in [-0.4, -0.2) is 31.2 Å². The molecule has 0 unspecified atom stereocenters. The standard InChI is InChI=1S/C18H18BrNO5/c1-24-15-8-6-11(10-13(15)19)7-9-16(21)20-14-5-3-4-12(17(14)22)18(23)25-2/h3-6,8,10,22H,7,9H2,1-2H3,(H,20,21).